The number of thiazole rings is 1. The number of benzene rings is 1. The van der Waals surface area contributed by atoms with Crippen LogP contribution in [0.15, 0.2) is 54.9 Å². The predicted molar refractivity (Wildman–Crippen MR) is 103 cm³/mol. The summed E-state index contributed by atoms with van der Waals surface area (Å²) in [5.74, 6) is 0. The maximum atomic E-state index is 12.4. The van der Waals surface area contributed by atoms with Crippen molar-refractivity contribution in [3.8, 4) is 11.3 Å². The van der Waals surface area contributed by atoms with Gasteiger partial charge < -0.3 is 4.57 Å². The molecule has 3 aromatic rings. The fourth-order valence-corrected chi connectivity index (χ4v) is 6.06. The topological polar surface area (TPSA) is 51.4 Å². The fraction of sp³-hybridized carbons (Fsp3) is 0.133. The van der Waals surface area contributed by atoms with Gasteiger partial charge in [-0.2, -0.15) is 8.42 Å². The molecule has 0 fully saturated rings. The van der Waals surface area contributed by atoms with Gasteiger partial charge in [0.1, 0.15) is 4.21 Å². The Balaban J connectivity index is 2.11. The number of nitrogens with zero attached hydrogens (tertiary/aromatic N) is 2. The molecule has 2 heterocycles. The molecule has 24 heavy (non-hydrogen) atoms. The summed E-state index contributed by atoms with van der Waals surface area (Å²) in [5, 5.41) is 1.92. The van der Waals surface area contributed by atoms with Crippen LogP contribution in [0.5, 0.6) is 0 Å². The zero-order valence-corrected chi connectivity index (χ0v) is 17.2. The molecule has 3 rings (SSSR count). The zero-order valence-electron chi connectivity index (χ0n) is 12.4. The van der Waals surface area contributed by atoms with Crippen LogP contribution >= 0.6 is 50.2 Å². The van der Waals surface area contributed by atoms with Gasteiger partial charge in [0, 0.05) is 16.4 Å². The highest BCUT2D eigenvalue weighted by Crippen LogP contribution is 2.27. The van der Waals surface area contributed by atoms with Crippen LogP contribution in [0.3, 0.4) is 0 Å². The molecule has 0 atom stereocenters. The molecule has 0 aliphatic carbocycles. The molecule has 9 heteroatoms. The predicted octanol–water partition coefficient (Wildman–Crippen LogP) is 5.00. The molecule has 0 unspecified atom stereocenters. The van der Waals surface area contributed by atoms with Crippen LogP contribution in [-0.2, 0) is 16.6 Å². The molecule has 0 saturated heterocycles. The monoisotopic (exact) mass is 462 g/mol. The molecule has 0 amide bonds. The Bertz CT molecular complexity index is 1030. The van der Waals surface area contributed by atoms with Crippen LogP contribution in [0, 0.1) is 0 Å². The highest BCUT2D eigenvalue weighted by Gasteiger charge is 2.17. The molecule has 0 aliphatic heterocycles. The Kier molecular flexibility index (Phi) is 5.31. The van der Waals surface area contributed by atoms with Crippen LogP contribution in [0.4, 0.5) is 0 Å². The van der Waals surface area contributed by atoms with Crippen LogP contribution < -0.4 is 4.80 Å². The largest absolute Gasteiger partial charge is 0.316 e. The average molecular weight is 464 g/mol. The van der Waals surface area contributed by atoms with Gasteiger partial charge in [-0.3, -0.25) is 0 Å². The number of thiophene rings is 1. The molecular formula is C15H12BrClN2O2S3. The number of sulfonamides is 1. The molecule has 1 aromatic carbocycles. The van der Waals surface area contributed by atoms with Gasteiger partial charge in [-0.1, -0.05) is 39.7 Å². The van der Waals surface area contributed by atoms with Gasteiger partial charge in [-0.05, 0) is 36.8 Å². The summed E-state index contributed by atoms with van der Waals surface area (Å²) in [5.41, 5.74) is 1.95. The van der Waals surface area contributed by atoms with E-state index in [-0.39, 0.29) is 4.21 Å². The molecule has 0 saturated carbocycles. The minimum absolute atomic E-state index is 0.147. The molecule has 126 valence electrons. The minimum atomic E-state index is -3.76. The summed E-state index contributed by atoms with van der Waals surface area (Å²) < 4.78 is 32.4. The lowest BCUT2D eigenvalue weighted by Crippen LogP contribution is -2.17. The van der Waals surface area contributed by atoms with Crippen molar-refractivity contribution in [3.63, 3.8) is 0 Å². The molecule has 4 nitrogen and oxygen atoms in total. The van der Waals surface area contributed by atoms with E-state index in [1.807, 2.05) is 41.1 Å². The number of hydrogen-bond acceptors (Lipinski definition) is 4. The van der Waals surface area contributed by atoms with Gasteiger partial charge in [0.25, 0.3) is 10.0 Å². The summed E-state index contributed by atoms with van der Waals surface area (Å²) in [6.07, 6.45) is 0. The van der Waals surface area contributed by atoms with E-state index in [1.165, 1.54) is 17.4 Å². The quantitative estimate of drug-likeness (QED) is 0.546. The lowest BCUT2D eigenvalue weighted by Gasteiger charge is -2.06. The lowest BCUT2D eigenvalue weighted by molar-refractivity contribution is 0.597. The second-order valence-electron chi connectivity index (χ2n) is 4.78. The summed E-state index contributed by atoms with van der Waals surface area (Å²) in [7, 11) is -3.76. The van der Waals surface area contributed by atoms with Gasteiger partial charge in [-0.25, -0.2) is 0 Å². The van der Waals surface area contributed by atoms with Crippen molar-refractivity contribution in [2.75, 3.05) is 0 Å². The van der Waals surface area contributed by atoms with Gasteiger partial charge in [0.05, 0.1) is 10.0 Å². The van der Waals surface area contributed by atoms with E-state index in [9.17, 15) is 8.42 Å². The fourth-order valence-electron chi connectivity index (χ4n) is 2.14. The number of halogens is 2. The van der Waals surface area contributed by atoms with Crippen LogP contribution in [0.25, 0.3) is 11.3 Å². The van der Waals surface area contributed by atoms with Gasteiger partial charge in [-0.15, -0.1) is 27.1 Å². The number of aromatic nitrogens is 1. The van der Waals surface area contributed by atoms with E-state index in [0.29, 0.717) is 15.7 Å². The first kappa shape index (κ1) is 17.9. The van der Waals surface area contributed by atoms with E-state index in [4.69, 9.17) is 11.6 Å². The van der Waals surface area contributed by atoms with Crippen LogP contribution in [0.2, 0.25) is 4.34 Å². The first-order valence-corrected chi connectivity index (χ1v) is 11.2. The first-order valence-electron chi connectivity index (χ1n) is 6.91. The van der Waals surface area contributed by atoms with E-state index in [1.54, 1.807) is 6.07 Å². The Labute approximate surface area is 161 Å². The third-order valence-corrected chi connectivity index (χ3v) is 7.73. The van der Waals surface area contributed by atoms with Crippen molar-refractivity contribution in [1.29, 1.82) is 0 Å². The van der Waals surface area contributed by atoms with Gasteiger partial charge in [0.2, 0.25) is 4.80 Å². The third-order valence-electron chi connectivity index (χ3n) is 3.25. The summed E-state index contributed by atoms with van der Waals surface area (Å²) in [6, 6.07) is 10.9. The summed E-state index contributed by atoms with van der Waals surface area (Å²) in [4.78, 5) is 0.444. The Morgan fingerprint density at radius 1 is 1.21 bits per heavy atom. The van der Waals surface area contributed by atoms with Crippen molar-refractivity contribution in [1.82, 2.24) is 4.57 Å². The Morgan fingerprint density at radius 2 is 1.92 bits per heavy atom. The molecular weight excluding hydrogens is 452 g/mol. The highest BCUT2D eigenvalue weighted by molar-refractivity contribution is 9.10. The highest BCUT2D eigenvalue weighted by atomic mass is 79.9. The molecule has 2 aromatic heterocycles. The van der Waals surface area contributed by atoms with Crippen LogP contribution in [-0.4, -0.2) is 13.0 Å². The third kappa shape index (κ3) is 3.67. The van der Waals surface area contributed by atoms with Crippen molar-refractivity contribution in [2.24, 2.45) is 4.40 Å². The standard InChI is InChI=1S/C15H12BrClN2O2S3/c1-2-19-12(10-3-5-11(16)6-4-10)9-22-15(19)18-24(20,21)14-8-7-13(17)23-14/h3-9H,2H2,1H3. The first-order chi connectivity index (χ1) is 11.4. The molecule has 0 N–H and O–H groups in total. The SMILES string of the molecule is CCn1c(-c2ccc(Br)cc2)csc1=NS(=O)(=O)c1ccc(Cl)s1. The van der Waals surface area contributed by atoms with Crippen molar-refractivity contribution in [3.05, 3.63) is 55.4 Å². The second kappa shape index (κ2) is 7.13. The molecule has 0 spiro atoms. The second-order valence-corrected chi connectivity index (χ2v) is 10.1. The number of hydrogen-bond donors (Lipinski definition) is 0. The number of rotatable bonds is 4. The van der Waals surface area contributed by atoms with Gasteiger partial charge in [0.15, 0.2) is 0 Å². The summed E-state index contributed by atoms with van der Waals surface area (Å²) >= 11 is 11.6. The molecule has 0 aliphatic rings. The van der Waals surface area contributed by atoms with Crippen LogP contribution in [0.1, 0.15) is 6.92 Å². The normalized spacial score (nSPS) is 12.7. The zero-order chi connectivity index (χ0) is 17.3. The Morgan fingerprint density at radius 3 is 2.50 bits per heavy atom. The summed E-state index contributed by atoms with van der Waals surface area (Å²) in [6.45, 7) is 2.58. The molecule has 0 bridgehead atoms. The maximum Gasteiger partial charge on any atom is 0.294 e. The average Bonchev–Trinajstić information content (AvgIpc) is 3.14. The van der Waals surface area contributed by atoms with Gasteiger partial charge >= 0.3 is 0 Å². The maximum absolute atomic E-state index is 12.4. The van der Waals surface area contributed by atoms with Crippen molar-refractivity contribution < 1.29 is 8.42 Å². The van der Waals surface area contributed by atoms with E-state index in [0.717, 1.165) is 27.1 Å². The van der Waals surface area contributed by atoms with E-state index < -0.39 is 10.0 Å². The lowest BCUT2D eigenvalue weighted by atomic mass is 10.2. The van der Waals surface area contributed by atoms with Crippen molar-refractivity contribution >= 4 is 60.2 Å². The van der Waals surface area contributed by atoms with Crippen molar-refractivity contribution in [2.45, 2.75) is 17.7 Å². The minimum Gasteiger partial charge on any atom is -0.316 e. The van der Waals surface area contributed by atoms with E-state index in [2.05, 4.69) is 20.3 Å². The van der Waals surface area contributed by atoms with E-state index >= 15 is 0 Å². The Hall–Kier alpha value is -0.930. The molecule has 0 radical (unpaired) electrons. The smallest absolute Gasteiger partial charge is 0.294 e.